The van der Waals surface area contributed by atoms with Crippen LogP contribution in [-0.2, 0) is 0 Å². The van der Waals surface area contributed by atoms with Crippen LogP contribution in [0.25, 0.3) is 0 Å². The van der Waals surface area contributed by atoms with Gasteiger partial charge in [0.05, 0.1) is 10.7 Å². The van der Waals surface area contributed by atoms with E-state index in [4.69, 9.17) is 11.6 Å². The molecule has 2 heterocycles. The van der Waals surface area contributed by atoms with Crippen LogP contribution in [0.4, 0.5) is 10.5 Å². The topological polar surface area (TPSA) is 73.5 Å². The van der Waals surface area contributed by atoms with E-state index < -0.39 is 0 Å². The van der Waals surface area contributed by atoms with Crippen LogP contribution in [0.2, 0.25) is 5.02 Å². The molecule has 0 bridgehead atoms. The molecule has 0 saturated carbocycles. The molecule has 1 unspecified atom stereocenters. The number of urea groups is 1. The molecular weight excluding hydrogens is 304 g/mol. The molecule has 1 aromatic carbocycles. The number of carbonyl (C=O) groups excluding carboxylic acids is 2. The third-order valence-corrected chi connectivity index (χ3v) is 4.35. The summed E-state index contributed by atoms with van der Waals surface area (Å²) in [6.45, 7) is 2.76. The molecule has 1 aromatic rings. The van der Waals surface area contributed by atoms with Crippen LogP contribution in [0.5, 0.6) is 0 Å². The van der Waals surface area contributed by atoms with E-state index in [9.17, 15) is 9.59 Å². The van der Waals surface area contributed by atoms with E-state index in [1.165, 1.54) is 0 Å². The van der Waals surface area contributed by atoms with Gasteiger partial charge in [0, 0.05) is 31.2 Å². The van der Waals surface area contributed by atoms with Crippen LogP contribution >= 0.6 is 11.6 Å². The van der Waals surface area contributed by atoms with E-state index in [1.807, 2.05) is 0 Å². The minimum Gasteiger partial charge on any atom is -0.350 e. The van der Waals surface area contributed by atoms with Crippen molar-refractivity contribution in [2.75, 3.05) is 31.1 Å². The molecule has 2 aliphatic rings. The molecule has 118 valence electrons. The summed E-state index contributed by atoms with van der Waals surface area (Å²) >= 11 is 6.16. The first-order valence-corrected chi connectivity index (χ1v) is 7.89. The Morgan fingerprint density at radius 3 is 2.95 bits per heavy atom. The molecule has 2 fully saturated rings. The molecule has 3 N–H and O–H groups in total. The number of nitrogens with zero attached hydrogens (tertiary/aromatic N) is 1. The molecule has 3 rings (SSSR count). The van der Waals surface area contributed by atoms with Gasteiger partial charge in [-0.05, 0) is 37.6 Å². The number of rotatable bonds is 4. The fraction of sp³-hybridized carbons (Fsp3) is 0.467. The van der Waals surface area contributed by atoms with Crippen molar-refractivity contribution >= 4 is 29.2 Å². The maximum atomic E-state index is 12.3. The maximum absolute atomic E-state index is 12.3. The Balaban J connectivity index is 1.70. The molecule has 3 amide bonds. The number of anilines is 1. The molecule has 2 saturated heterocycles. The van der Waals surface area contributed by atoms with Crippen molar-refractivity contribution in [3.8, 4) is 0 Å². The van der Waals surface area contributed by atoms with Gasteiger partial charge in [0.1, 0.15) is 0 Å². The van der Waals surface area contributed by atoms with Crippen molar-refractivity contribution in [1.29, 1.82) is 0 Å². The van der Waals surface area contributed by atoms with Crippen molar-refractivity contribution in [2.45, 2.75) is 18.9 Å². The quantitative estimate of drug-likeness (QED) is 0.783. The second-order valence-corrected chi connectivity index (χ2v) is 5.96. The van der Waals surface area contributed by atoms with E-state index >= 15 is 0 Å². The van der Waals surface area contributed by atoms with Crippen molar-refractivity contribution in [3.05, 3.63) is 28.8 Å². The number of halogens is 1. The lowest BCUT2D eigenvalue weighted by molar-refractivity contribution is 0.0950. The summed E-state index contributed by atoms with van der Waals surface area (Å²) in [5.74, 6) is -0.147. The van der Waals surface area contributed by atoms with Crippen LogP contribution in [-0.4, -0.2) is 44.2 Å². The fourth-order valence-electron chi connectivity index (χ4n) is 2.81. The van der Waals surface area contributed by atoms with Crippen LogP contribution < -0.4 is 20.9 Å². The summed E-state index contributed by atoms with van der Waals surface area (Å²) in [6.07, 6.45) is 2.23. The largest absolute Gasteiger partial charge is 0.350 e. The highest BCUT2D eigenvalue weighted by Gasteiger charge is 2.24. The number of benzene rings is 1. The number of hydrogen-bond acceptors (Lipinski definition) is 3. The van der Waals surface area contributed by atoms with Crippen molar-refractivity contribution in [1.82, 2.24) is 16.0 Å². The summed E-state index contributed by atoms with van der Waals surface area (Å²) in [7, 11) is 0. The number of amides is 3. The van der Waals surface area contributed by atoms with Crippen LogP contribution in [0.1, 0.15) is 23.2 Å². The molecule has 2 aliphatic heterocycles. The van der Waals surface area contributed by atoms with E-state index in [0.717, 1.165) is 19.4 Å². The first kappa shape index (κ1) is 15.1. The van der Waals surface area contributed by atoms with Gasteiger partial charge in [-0.2, -0.15) is 0 Å². The van der Waals surface area contributed by atoms with Crippen LogP contribution in [0.3, 0.4) is 0 Å². The van der Waals surface area contributed by atoms with Gasteiger partial charge < -0.3 is 16.0 Å². The average molecular weight is 323 g/mol. The Morgan fingerprint density at radius 1 is 1.41 bits per heavy atom. The number of hydrogen-bond donors (Lipinski definition) is 3. The second-order valence-electron chi connectivity index (χ2n) is 5.55. The third kappa shape index (κ3) is 3.18. The molecule has 22 heavy (non-hydrogen) atoms. The Morgan fingerprint density at radius 2 is 2.27 bits per heavy atom. The second kappa shape index (κ2) is 6.54. The summed E-state index contributed by atoms with van der Waals surface area (Å²) in [6, 6.07) is 5.17. The van der Waals surface area contributed by atoms with Gasteiger partial charge in [-0.1, -0.05) is 11.6 Å². The first-order valence-electron chi connectivity index (χ1n) is 7.51. The Hall–Kier alpha value is -1.79. The van der Waals surface area contributed by atoms with E-state index in [1.54, 1.807) is 23.1 Å². The van der Waals surface area contributed by atoms with Gasteiger partial charge in [-0.15, -0.1) is 0 Å². The zero-order valence-corrected chi connectivity index (χ0v) is 12.9. The highest BCUT2D eigenvalue weighted by atomic mass is 35.5. The molecule has 0 aliphatic carbocycles. The fourth-order valence-corrected chi connectivity index (χ4v) is 3.03. The summed E-state index contributed by atoms with van der Waals surface area (Å²) in [5.41, 5.74) is 1.08. The van der Waals surface area contributed by atoms with Crippen molar-refractivity contribution in [2.24, 2.45) is 0 Å². The monoisotopic (exact) mass is 322 g/mol. The number of nitrogens with one attached hydrogen (secondary N) is 3. The molecule has 1 atom stereocenters. The van der Waals surface area contributed by atoms with Gasteiger partial charge in [0.2, 0.25) is 0 Å². The molecule has 0 radical (unpaired) electrons. The van der Waals surface area contributed by atoms with Crippen molar-refractivity contribution in [3.63, 3.8) is 0 Å². The maximum Gasteiger partial charge on any atom is 0.322 e. The smallest absolute Gasteiger partial charge is 0.322 e. The molecule has 0 aromatic heterocycles. The van der Waals surface area contributed by atoms with Gasteiger partial charge in [-0.25, -0.2) is 4.79 Å². The first-order chi connectivity index (χ1) is 10.6. The van der Waals surface area contributed by atoms with Gasteiger partial charge in [0.25, 0.3) is 5.91 Å². The average Bonchev–Trinajstić information content (AvgIpc) is 3.17. The molecule has 7 heteroatoms. The van der Waals surface area contributed by atoms with Crippen LogP contribution in [0.15, 0.2) is 18.2 Å². The highest BCUT2D eigenvalue weighted by molar-refractivity contribution is 6.34. The molecular formula is C15H19ClN4O2. The Labute approximate surface area is 134 Å². The van der Waals surface area contributed by atoms with Crippen LogP contribution in [0, 0.1) is 0 Å². The standard InChI is InChI=1S/C15H19ClN4O2/c16-12-4-3-10(8-13(12)20-7-6-18-15(20)22)14(21)19-9-11-2-1-5-17-11/h3-4,8,11,17H,1-2,5-7,9H2,(H,18,22)(H,19,21). The molecule has 0 spiro atoms. The van der Waals surface area contributed by atoms with Gasteiger partial charge in [-0.3, -0.25) is 9.69 Å². The van der Waals surface area contributed by atoms with E-state index in [-0.39, 0.29) is 11.9 Å². The number of carbonyl (C=O) groups is 2. The van der Waals surface area contributed by atoms with E-state index in [0.29, 0.717) is 41.9 Å². The zero-order valence-electron chi connectivity index (χ0n) is 12.2. The summed E-state index contributed by atoms with van der Waals surface area (Å²) in [5, 5.41) is 9.45. The van der Waals surface area contributed by atoms with Gasteiger partial charge >= 0.3 is 6.03 Å². The van der Waals surface area contributed by atoms with Crippen molar-refractivity contribution < 1.29 is 9.59 Å². The minimum absolute atomic E-state index is 0.147. The summed E-state index contributed by atoms with van der Waals surface area (Å²) < 4.78 is 0. The predicted molar refractivity (Wildman–Crippen MR) is 85.6 cm³/mol. The summed E-state index contributed by atoms with van der Waals surface area (Å²) in [4.78, 5) is 25.6. The lowest BCUT2D eigenvalue weighted by atomic mass is 10.1. The highest BCUT2D eigenvalue weighted by Crippen LogP contribution is 2.28. The lowest BCUT2D eigenvalue weighted by Gasteiger charge is -2.17. The SMILES string of the molecule is O=C(NCC1CCCN1)c1ccc(Cl)c(N2CCNC2=O)c1. The Bertz CT molecular complexity index is 587. The lowest BCUT2D eigenvalue weighted by Crippen LogP contribution is -2.37. The molecule has 6 nitrogen and oxygen atoms in total. The third-order valence-electron chi connectivity index (χ3n) is 4.03. The minimum atomic E-state index is -0.186. The predicted octanol–water partition coefficient (Wildman–Crippen LogP) is 1.35. The normalized spacial score (nSPS) is 21.0. The Kier molecular flexibility index (Phi) is 4.49. The zero-order chi connectivity index (χ0) is 15.5. The van der Waals surface area contributed by atoms with E-state index in [2.05, 4.69) is 16.0 Å². The van der Waals surface area contributed by atoms with Gasteiger partial charge in [0.15, 0.2) is 0 Å².